The van der Waals surface area contributed by atoms with Crippen molar-refractivity contribution >= 4 is 37.5 Å². The van der Waals surface area contributed by atoms with Crippen LogP contribution in [-0.4, -0.2) is 4.98 Å². The number of hydrogen-bond acceptors (Lipinski definition) is 2. The summed E-state index contributed by atoms with van der Waals surface area (Å²) in [4.78, 5) is 3.73. The largest absolute Gasteiger partial charge is 0.398 e. The molecule has 1 aromatic heterocycles. The van der Waals surface area contributed by atoms with E-state index in [1.807, 2.05) is 0 Å². The molecule has 0 fully saturated rings. The average molecular weight is 302 g/mol. The zero-order valence-corrected chi connectivity index (χ0v) is 8.86. The summed E-state index contributed by atoms with van der Waals surface area (Å²) in [6, 6.07) is 1.34. The minimum Gasteiger partial charge on any atom is -0.398 e. The molecular formula is C6H4Br2F2N2. The lowest BCUT2D eigenvalue weighted by atomic mass is 10.2. The summed E-state index contributed by atoms with van der Waals surface area (Å²) in [6.45, 7) is 0. The zero-order valence-electron chi connectivity index (χ0n) is 5.69. The third kappa shape index (κ3) is 1.92. The molecule has 0 bridgehead atoms. The Kier molecular flexibility index (Phi) is 3.00. The molecule has 1 aromatic rings. The van der Waals surface area contributed by atoms with E-state index in [4.69, 9.17) is 5.73 Å². The van der Waals surface area contributed by atoms with Gasteiger partial charge in [-0.1, -0.05) is 0 Å². The first-order valence-corrected chi connectivity index (χ1v) is 4.50. The second-order valence-electron chi connectivity index (χ2n) is 2.04. The van der Waals surface area contributed by atoms with Crippen LogP contribution in [0.15, 0.2) is 15.3 Å². The van der Waals surface area contributed by atoms with Gasteiger partial charge in [0.05, 0.1) is 5.56 Å². The molecule has 0 saturated heterocycles. The first-order chi connectivity index (χ1) is 5.52. The highest BCUT2D eigenvalue weighted by molar-refractivity contribution is 9.11. The van der Waals surface area contributed by atoms with Crippen molar-refractivity contribution in [2.45, 2.75) is 6.43 Å². The number of anilines is 1. The van der Waals surface area contributed by atoms with E-state index >= 15 is 0 Å². The normalized spacial score (nSPS) is 10.8. The van der Waals surface area contributed by atoms with Crippen molar-refractivity contribution in [3.63, 3.8) is 0 Å². The molecular weight excluding hydrogens is 298 g/mol. The summed E-state index contributed by atoms with van der Waals surface area (Å²) >= 11 is 5.93. The van der Waals surface area contributed by atoms with Gasteiger partial charge < -0.3 is 5.73 Å². The highest BCUT2D eigenvalue weighted by Gasteiger charge is 2.16. The number of alkyl halides is 2. The lowest BCUT2D eigenvalue weighted by Gasteiger charge is -2.06. The van der Waals surface area contributed by atoms with Crippen molar-refractivity contribution in [3.05, 3.63) is 20.8 Å². The van der Waals surface area contributed by atoms with Crippen LogP contribution in [0.3, 0.4) is 0 Å². The number of halogens is 4. The molecule has 0 spiro atoms. The first-order valence-electron chi connectivity index (χ1n) is 2.92. The molecule has 0 unspecified atom stereocenters. The van der Waals surface area contributed by atoms with Gasteiger partial charge in [0, 0.05) is 5.69 Å². The molecule has 0 saturated carbocycles. The summed E-state index contributed by atoms with van der Waals surface area (Å²) in [5, 5.41) is 0. The third-order valence-corrected chi connectivity index (χ3v) is 2.24. The maximum atomic E-state index is 12.3. The van der Waals surface area contributed by atoms with E-state index in [9.17, 15) is 8.78 Å². The number of pyridine rings is 1. The van der Waals surface area contributed by atoms with E-state index in [2.05, 4.69) is 36.8 Å². The summed E-state index contributed by atoms with van der Waals surface area (Å²) in [6.07, 6.45) is -2.61. The van der Waals surface area contributed by atoms with Gasteiger partial charge in [0.2, 0.25) is 0 Å². The van der Waals surface area contributed by atoms with E-state index in [1.165, 1.54) is 6.07 Å². The molecule has 0 aliphatic carbocycles. The van der Waals surface area contributed by atoms with Crippen molar-refractivity contribution < 1.29 is 8.78 Å². The van der Waals surface area contributed by atoms with Crippen molar-refractivity contribution in [3.8, 4) is 0 Å². The van der Waals surface area contributed by atoms with Gasteiger partial charge in [0.1, 0.15) is 9.21 Å². The molecule has 0 atom stereocenters. The molecule has 2 nitrogen and oxygen atoms in total. The topological polar surface area (TPSA) is 38.9 Å². The van der Waals surface area contributed by atoms with E-state index in [-0.39, 0.29) is 15.9 Å². The lowest BCUT2D eigenvalue weighted by Crippen LogP contribution is -1.98. The number of aromatic nitrogens is 1. The van der Waals surface area contributed by atoms with Crippen LogP contribution < -0.4 is 5.73 Å². The number of nitrogens with two attached hydrogens (primary N) is 1. The Morgan fingerprint density at radius 3 is 2.42 bits per heavy atom. The summed E-state index contributed by atoms with van der Waals surface area (Å²) in [5.74, 6) is 0. The summed E-state index contributed by atoms with van der Waals surface area (Å²) in [5.41, 5.74) is 5.10. The summed E-state index contributed by atoms with van der Waals surface area (Å²) in [7, 11) is 0. The second kappa shape index (κ2) is 3.66. The molecule has 0 aliphatic heterocycles. The van der Waals surface area contributed by atoms with Crippen LogP contribution >= 0.6 is 31.9 Å². The highest BCUT2D eigenvalue weighted by atomic mass is 79.9. The second-order valence-corrected chi connectivity index (χ2v) is 3.60. The Bertz CT molecular complexity index is 281. The number of rotatable bonds is 1. The van der Waals surface area contributed by atoms with Crippen molar-refractivity contribution in [2.24, 2.45) is 0 Å². The number of nitrogen functional groups attached to an aromatic ring is 1. The van der Waals surface area contributed by atoms with E-state index in [1.54, 1.807) is 0 Å². The maximum absolute atomic E-state index is 12.3. The van der Waals surface area contributed by atoms with Gasteiger partial charge in [0.15, 0.2) is 0 Å². The fourth-order valence-corrected chi connectivity index (χ4v) is 1.98. The first kappa shape index (κ1) is 9.85. The van der Waals surface area contributed by atoms with Gasteiger partial charge in [-0.2, -0.15) is 0 Å². The minimum atomic E-state index is -2.61. The highest BCUT2D eigenvalue weighted by Crippen LogP contribution is 2.32. The van der Waals surface area contributed by atoms with Crippen molar-refractivity contribution in [1.82, 2.24) is 4.98 Å². The van der Waals surface area contributed by atoms with Gasteiger partial charge in [-0.05, 0) is 37.9 Å². The Labute approximate surface area is 84.4 Å². The fourth-order valence-electron chi connectivity index (χ4n) is 0.727. The van der Waals surface area contributed by atoms with E-state index in [0.29, 0.717) is 4.60 Å². The average Bonchev–Trinajstić information content (AvgIpc) is 1.82. The minimum absolute atomic E-state index is 0.0266. The lowest BCUT2D eigenvalue weighted by molar-refractivity contribution is 0.151. The molecule has 2 N–H and O–H groups in total. The van der Waals surface area contributed by atoms with Gasteiger partial charge in [-0.25, -0.2) is 13.8 Å². The monoisotopic (exact) mass is 300 g/mol. The molecule has 0 amide bonds. The molecule has 1 rings (SSSR count). The maximum Gasteiger partial charge on any atom is 0.268 e. The van der Waals surface area contributed by atoms with E-state index < -0.39 is 6.43 Å². The standard InChI is InChI=1S/C6H4Br2F2N2/c7-3-1-2(11)4(6(9)10)5(8)12-3/h1,6H,(H2,11,12). The Morgan fingerprint density at radius 2 is 2.00 bits per heavy atom. The molecule has 6 heteroatoms. The Balaban J connectivity index is 3.28. The zero-order chi connectivity index (χ0) is 9.30. The third-order valence-electron chi connectivity index (χ3n) is 1.23. The van der Waals surface area contributed by atoms with Crippen LogP contribution in [0, 0.1) is 0 Å². The SMILES string of the molecule is Nc1cc(Br)nc(Br)c1C(F)F. The van der Waals surface area contributed by atoms with Crippen LogP contribution in [0.25, 0.3) is 0 Å². The van der Waals surface area contributed by atoms with Gasteiger partial charge in [-0.15, -0.1) is 0 Å². The van der Waals surface area contributed by atoms with Gasteiger partial charge >= 0.3 is 0 Å². The van der Waals surface area contributed by atoms with Crippen LogP contribution in [0.5, 0.6) is 0 Å². The molecule has 1 heterocycles. The predicted octanol–water partition coefficient (Wildman–Crippen LogP) is 3.13. The number of nitrogens with zero attached hydrogens (tertiary/aromatic N) is 1. The van der Waals surface area contributed by atoms with Crippen LogP contribution in [0.4, 0.5) is 14.5 Å². The quantitative estimate of drug-likeness (QED) is 0.810. The molecule has 0 radical (unpaired) electrons. The molecule has 0 aromatic carbocycles. The summed E-state index contributed by atoms with van der Waals surface area (Å²) < 4.78 is 25.0. The predicted molar refractivity (Wildman–Crippen MR) is 49.0 cm³/mol. The van der Waals surface area contributed by atoms with E-state index in [0.717, 1.165) is 0 Å². The fraction of sp³-hybridized carbons (Fsp3) is 0.167. The number of hydrogen-bond donors (Lipinski definition) is 1. The smallest absolute Gasteiger partial charge is 0.268 e. The molecule has 0 aliphatic rings. The van der Waals surface area contributed by atoms with Crippen LogP contribution in [0.2, 0.25) is 0 Å². The van der Waals surface area contributed by atoms with Gasteiger partial charge in [-0.3, -0.25) is 0 Å². The van der Waals surface area contributed by atoms with Gasteiger partial charge in [0.25, 0.3) is 6.43 Å². The van der Waals surface area contributed by atoms with Crippen molar-refractivity contribution in [2.75, 3.05) is 5.73 Å². The Hall–Kier alpha value is -0.230. The van der Waals surface area contributed by atoms with Crippen LogP contribution in [0.1, 0.15) is 12.0 Å². The van der Waals surface area contributed by atoms with Crippen LogP contribution in [-0.2, 0) is 0 Å². The van der Waals surface area contributed by atoms with Crippen molar-refractivity contribution in [1.29, 1.82) is 0 Å². The molecule has 12 heavy (non-hydrogen) atoms. The Morgan fingerprint density at radius 1 is 1.42 bits per heavy atom. The molecule has 66 valence electrons.